The molecule has 0 aliphatic carbocycles. The minimum atomic E-state index is -0.659. The average molecular weight is 337 g/mol. The highest BCUT2D eigenvalue weighted by molar-refractivity contribution is 9.09. The molecule has 5 nitrogen and oxygen atoms in total. The molecule has 0 aliphatic heterocycles. The summed E-state index contributed by atoms with van der Waals surface area (Å²) in [6.07, 6.45) is 3.55. The summed E-state index contributed by atoms with van der Waals surface area (Å²) < 4.78 is 1.80. The van der Waals surface area contributed by atoms with E-state index in [9.17, 15) is 15.0 Å². The van der Waals surface area contributed by atoms with Crippen molar-refractivity contribution in [3.05, 3.63) is 22.1 Å². The molecular weight excluding hydrogens is 320 g/mol. The topological polar surface area (TPSA) is 75.4 Å². The second-order valence-electron chi connectivity index (χ2n) is 4.29. The number of aliphatic hydroxyl groups excluding tert-OH is 2. The fourth-order valence-electron chi connectivity index (χ4n) is 1.50. The van der Waals surface area contributed by atoms with Crippen LogP contribution in [0, 0.1) is 12.3 Å². The molecule has 1 aromatic rings. The maximum atomic E-state index is 11.5. The molecular formula is C11H17BrN2O3S. The van der Waals surface area contributed by atoms with Gasteiger partial charge < -0.3 is 14.8 Å². The van der Waals surface area contributed by atoms with Crippen molar-refractivity contribution in [2.24, 2.45) is 5.41 Å². The lowest BCUT2D eigenvalue weighted by Gasteiger charge is -2.29. The molecule has 0 aromatic carbocycles. The minimum Gasteiger partial charge on any atom is -0.396 e. The van der Waals surface area contributed by atoms with Crippen LogP contribution in [-0.2, 0) is 6.54 Å². The third-order valence-corrected chi connectivity index (χ3v) is 4.65. The number of hydrogen-bond donors (Lipinski definition) is 2. The van der Waals surface area contributed by atoms with Crippen molar-refractivity contribution in [1.82, 2.24) is 9.55 Å². The first-order valence-electron chi connectivity index (χ1n) is 5.41. The molecule has 2 N–H and O–H groups in total. The van der Waals surface area contributed by atoms with E-state index in [1.165, 1.54) is 11.8 Å². The van der Waals surface area contributed by atoms with Gasteiger partial charge in [0.1, 0.15) is 0 Å². The molecule has 18 heavy (non-hydrogen) atoms. The van der Waals surface area contributed by atoms with Crippen molar-refractivity contribution in [2.75, 3.05) is 24.8 Å². The van der Waals surface area contributed by atoms with Crippen LogP contribution in [0.1, 0.15) is 5.56 Å². The molecule has 1 aromatic heterocycles. The SMILES string of the molecule is CSc1nc(=O)c(C)cn1CC(CO)(CO)CBr. The van der Waals surface area contributed by atoms with Gasteiger partial charge in [0.2, 0.25) is 0 Å². The molecule has 0 aliphatic rings. The predicted octanol–water partition coefficient (Wildman–Crippen LogP) is 0.640. The molecule has 0 amide bonds. The summed E-state index contributed by atoms with van der Waals surface area (Å²) in [7, 11) is 0. The van der Waals surface area contributed by atoms with Crippen molar-refractivity contribution < 1.29 is 10.2 Å². The molecule has 7 heteroatoms. The zero-order chi connectivity index (χ0) is 13.8. The number of thioether (sulfide) groups is 1. The number of aliphatic hydroxyl groups is 2. The van der Waals surface area contributed by atoms with Gasteiger partial charge in [-0.25, -0.2) is 0 Å². The first kappa shape index (κ1) is 15.7. The molecule has 0 radical (unpaired) electrons. The number of rotatable bonds is 6. The Hall–Kier alpha value is -0.370. The van der Waals surface area contributed by atoms with E-state index in [4.69, 9.17) is 0 Å². The Morgan fingerprint density at radius 3 is 2.56 bits per heavy atom. The first-order chi connectivity index (χ1) is 8.51. The van der Waals surface area contributed by atoms with E-state index < -0.39 is 5.41 Å². The number of alkyl halides is 1. The molecule has 0 saturated carbocycles. The molecule has 0 saturated heterocycles. The van der Waals surface area contributed by atoms with Crippen LogP contribution in [0.5, 0.6) is 0 Å². The lowest BCUT2D eigenvalue weighted by atomic mass is 9.93. The van der Waals surface area contributed by atoms with Gasteiger partial charge in [0.15, 0.2) is 5.16 Å². The van der Waals surface area contributed by atoms with E-state index >= 15 is 0 Å². The zero-order valence-electron chi connectivity index (χ0n) is 10.4. The van der Waals surface area contributed by atoms with E-state index in [-0.39, 0.29) is 18.8 Å². The quantitative estimate of drug-likeness (QED) is 0.453. The Morgan fingerprint density at radius 1 is 1.50 bits per heavy atom. The summed E-state index contributed by atoms with van der Waals surface area (Å²) in [6, 6.07) is 0. The van der Waals surface area contributed by atoms with Crippen molar-refractivity contribution >= 4 is 27.7 Å². The second-order valence-corrected chi connectivity index (χ2v) is 5.63. The average Bonchev–Trinajstić information content (AvgIpc) is 2.40. The van der Waals surface area contributed by atoms with E-state index in [0.717, 1.165) is 0 Å². The smallest absolute Gasteiger partial charge is 0.276 e. The molecule has 0 bridgehead atoms. The van der Waals surface area contributed by atoms with Crippen LogP contribution in [-0.4, -0.2) is 44.6 Å². The highest BCUT2D eigenvalue weighted by Gasteiger charge is 2.29. The van der Waals surface area contributed by atoms with Crippen LogP contribution in [0.15, 0.2) is 16.1 Å². The lowest BCUT2D eigenvalue weighted by Crippen LogP contribution is -2.37. The standard InChI is InChI=1S/C11H17BrN2O3S/c1-8-3-14(10(18-2)13-9(8)17)5-11(4-12,6-15)7-16/h3,15-16H,4-7H2,1-2H3. The molecule has 0 spiro atoms. The Bertz CT molecular complexity index is 452. The van der Waals surface area contributed by atoms with Gasteiger partial charge in [0.25, 0.3) is 5.56 Å². The summed E-state index contributed by atoms with van der Waals surface area (Å²) in [5.74, 6) is 0. The van der Waals surface area contributed by atoms with Gasteiger partial charge in [-0.1, -0.05) is 27.7 Å². The Labute approximate surface area is 118 Å². The third kappa shape index (κ3) is 3.34. The highest BCUT2D eigenvalue weighted by Crippen LogP contribution is 2.24. The summed E-state index contributed by atoms with van der Waals surface area (Å²) in [5.41, 5.74) is -0.353. The zero-order valence-corrected chi connectivity index (χ0v) is 12.8. The van der Waals surface area contributed by atoms with Crippen molar-refractivity contribution in [3.8, 4) is 0 Å². The lowest BCUT2D eigenvalue weighted by molar-refractivity contribution is 0.0577. The summed E-state index contributed by atoms with van der Waals surface area (Å²) in [5, 5.41) is 19.9. The van der Waals surface area contributed by atoms with Gasteiger partial charge in [0.05, 0.1) is 13.2 Å². The summed E-state index contributed by atoms with van der Waals surface area (Å²) in [4.78, 5) is 15.4. The van der Waals surface area contributed by atoms with E-state index in [1.807, 2.05) is 6.26 Å². The normalized spacial score (nSPS) is 11.8. The molecule has 0 fully saturated rings. The molecule has 0 atom stereocenters. The summed E-state index contributed by atoms with van der Waals surface area (Å²) in [6.45, 7) is 1.81. The third-order valence-electron chi connectivity index (χ3n) is 2.77. The van der Waals surface area contributed by atoms with Crippen molar-refractivity contribution in [1.29, 1.82) is 0 Å². The predicted molar refractivity (Wildman–Crippen MR) is 75.4 cm³/mol. The number of hydrogen-bond acceptors (Lipinski definition) is 5. The van der Waals surface area contributed by atoms with Gasteiger partial charge in [-0.2, -0.15) is 4.98 Å². The minimum absolute atomic E-state index is 0.145. The first-order valence-corrected chi connectivity index (χ1v) is 7.76. The van der Waals surface area contributed by atoms with E-state index in [0.29, 0.717) is 22.6 Å². The Kier molecular flexibility index (Phi) is 5.84. The van der Waals surface area contributed by atoms with Gasteiger partial charge in [-0.05, 0) is 13.2 Å². The monoisotopic (exact) mass is 336 g/mol. The number of aromatic nitrogens is 2. The largest absolute Gasteiger partial charge is 0.396 e. The van der Waals surface area contributed by atoms with Crippen LogP contribution < -0.4 is 5.56 Å². The highest BCUT2D eigenvalue weighted by atomic mass is 79.9. The fraction of sp³-hybridized carbons (Fsp3) is 0.636. The van der Waals surface area contributed by atoms with E-state index in [1.54, 1.807) is 17.7 Å². The number of nitrogens with zero attached hydrogens (tertiary/aromatic N) is 2. The molecule has 1 heterocycles. The molecule has 102 valence electrons. The molecule has 1 rings (SSSR count). The maximum Gasteiger partial charge on any atom is 0.276 e. The van der Waals surface area contributed by atoms with Crippen LogP contribution in [0.3, 0.4) is 0 Å². The summed E-state index contributed by atoms with van der Waals surface area (Å²) >= 11 is 4.67. The molecule has 0 unspecified atom stereocenters. The van der Waals surface area contributed by atoms with Crippen LogP contribution in [0.2, 0.25) is 0 Å². The van der Waals surface area contributed by atoms with Gasteiger partial charge in [0, 0.05) is 29.1 Å². The Balaban J connectivity index is 3.17. The van der Waals surface area contributed by atoms with E-state index in [2.05, 4.69) is 20.9 Å². The second kappa shape index (κ2) is 6.70. The van der Waals surface area contributed by atoms with Crippen molar-refractivity contribution in [2.45, 2.75) is 18.6 Å². The van der Waals surface area contributed by atoms with Crippen LogP contribution in [0.25, 0.3) is 0 Å². The van der Waals surface area contributed by atoms with Crippen LogP contribution >= 0.6 is 27.7 Å². The van der Waals surface area contributed by atoms with Gasteiger partial charge in [-0.3, -0.25) is 4.79 Å². The number of halogens is 1. The maximum absolute atomic E-state index is 11.5. The fourth-order valence-corrected chi connectivity index (χ4v) is 2.56. The number of aryl methyl sites for hydroxylation is 1. The Morgan fingerprint density at radius 2 is 2.11 bits per heavy atom. The van der Waals surface area contributed by atoms with Gasteiger partial charge >= 0.3 is 0 Å². The van der Waals surface area contributed by atoms with Crippen LogP contribution in [0.4, 0.5) is 0 Å². The van der Waals surface area contributed by atoms with Crippen molar-refractivity contribution in [3.63, 3.8) is 0 Å². The van der Waals surface area contributed by atoms with Gasteiger partial charge in [-0.15, -0.1) is 0 Å².